The monoisotopic (exact) mass is 212 g/mol. The van der Waals surface area contributed by atoms with Crippen LogP contribution in [0.25, 0.3) is 0 Å². The van der Waals surface area contributed by atoms with Gasteiger partial charge in [-0.1, -0.05) is 20.8 Å². The Balaban J connectivity index is 2.73. The van der Waals surface area contributed by atoms with Gasteiger partial charge in [0.2, 0.25) is 5.91 Å². The van der Waals surface area contributed by atoms with E-state index in [0.717, 1.165) is 19.4 Å². The van der Waals surface area contributed by atoms with Crippen LogP contribution in [0.3, 0.4) is 0 Å². The van der Waals surface area contributed by atoms with Gasteiger partial charge in [-0.05, 0) is 32.2 Å². The van der Waals surface area contributed by atoms with E-state index in [0.29, 0.717) is 6.04 Å². The highest BCUT2D eigenvalue weighted by molar-refractivity contribution is 5.83. The molecule has 0 aliphatic carbocycles. The molecule has 15 heavy (non-hydrogen) atoms. The molecule has 88 valence electrons. The van der Waals surface area contributed by atoms with Crippen molar-refractivity contribution in [2.24, 2.45) is 5.41 Å². The first-order valence-corrected chi connectivity index (χ1v) is 5.85. The fourth-order valence-corrected chi connectivity index (χ4v) is 2.35. The Hall–Kier alpha value is -0.570. The topological polar surface area (TPSA) is 32.3 Å². The van der Waals surface area contributed by atoms with Crippen molar-refractivity contribution in [2.75, 3.05) is 13.6 Å². The van der Waals surface area contributed by atoms with Crippen molar-refractivity contribution in [3.8, 4) is 0 Å². The summed E-state index contributed by atoms with van der Waals surface area (Å²) in [5.74, 6) is 0.259. The summed E-state index contributed by atoms with van der Waals surface area (Å²) >= 11 is 0. The minimum Gasteiger partial charge on any atom is -0.339 e. The molecule has 3 heteroatoms. The van der Waals surface area contributed by atoms with Crippen molar-refractivity contribution in [1.82, 2.24) is 10.2 Å². The summed E-state index contributed by atoms with van der Waals surface area (Å²) in [6, 6.07) is 0.341. The molecule has 1 amide bonds. The molecule has 1 aliphatic heterocycles. The highest BCUT2D eigenvalue weighted by Crippen LogP contribution is 2.24. The number of hydrogen-bond acceptors (Lipinski definition) is 2. The number of likely N-dealkylation sites (tertiary alicyclic amines) is 1. The van der Waals surface area contributed by atoms with Crippen molar-refractivity contribution < 1.29 is 4.79 Å². The lowest BCUT2D eigenvalue weighted by atomic mass is 9.86. The zero-order chi connectivity index (χ0) is 11.6. The molecule has 1 fully saturated rings. The minimum atomic E-state index is -0.0713. The number of likely N-dealkylation sites (N-methyl/N-ethyl adjacent to an activating group) is 1. The van der Waals surface area contributed by atoms with Crippen LogP contribution in [0.2, 0.25) is 0 Å². The third kappa shape index (κ3) is 2.71. The predicted octanol–water partition coefficient (Wildman–Crippen LogP) is 1.63. The smallest absolute Gasteiger partial charge is 0.240 e. The largest absolute Gasteiger partial charge is 0.339 e. The highest BCUT2D eigenvalue weighted by atomic mass is 16.2. The van der Waals surface area contributed by atoms with E-state index in [-0.39, 0.29) is 17.4 Å². The number of carbonyl (C=O) groups is 1. The molecular formula is C12H24N2O. The molecule has 0 saturated carbocycles. The van der Waals surface area contributed by atoms with Crippen LogP contribution in [-0.2, 0) is 4.79 Å². The quantitative estimate of drug-likeness (QED) is 0.754. The molecule has 1 rings (SSSR count). The number of carbonyl (C=O) groups excluding carboxylic acids is 1. The van der Waals surface area contributed by atoms with Gasteiger partial charge in [0, 0.05) is 12.6 Å². The second-order valence-electron chi connectivity index (χ2n) is 5.61. The van der Waals surface area contributed by atoms with E-state index in [1.807, 2.05) is 11.9 Å². The predicted molar refractivity (Wildman–Crippen MR) is 62.7 cm³/mol. The van der Waals surface area contributed by atoms with Crippen LogP contribution in [0.1, 0.15) is 40.5 Å². The maximum absolute atomic E-state index is 12.3. The molecule has 1 heterocycles. The molecule has 0 radical (unpaired) electrons. The molecule has 0 aromatic rings. The average molecular weight is 212 g/mol. The Morgan fingerprint density at radius 2 is 2.07 bits per heavy atom. The van der Waals surface area contributed by atoms with Gasteiger partial charge in [-0.15, -0.1) is 0 Å². The Bertz CT molecular complexity index is 232. The summed E-state index contributed by atoms with van der Waals surface area (Å²) in [7, 11) is 1.87. The molecular weight excluding hydrogens is 188 g/mol. The fraction of sp³-hybridized carbons (Fsp3) is 0.917. The first kappa shape index (κ1) is 12.5. The van der Waals surface area contributed by atoms with Crippen molar-refractivity contribution in [3.63, 3.8) is 0 Å². The summed E-state index contributed by atoms with van der Waals surface area (Å²) < 4.78 is 0. The molecule has 0 spiro atoms. The summed E-state index contributed by atoms with van der Waals surface area (Å²) in [4.78, 5) is 14.3. The van der Waals surface area contributed by atoms with E-state index in [4.69, 9.17) is 0 Å². The van der Waals surface area contributed by atoms with Crippen molar-refractivity contribution in [2.45, 2.75) is 52.6 Å². The normalized spacial score (nSPS) is 24.3. The lowest BCUT2D eigenvalue weighted by Crippen LogP contribution is -2.52. The summed E-state index contributed by atoms with van der Waals surface area (Å²) in [6.45, 7) is 9.38. The maximum Gasteiger partial charge on any atom is 0.240 e. The second kappa shape index (κ2) is 4.52. The first-order chi connectivity index (χ1) is 6.88. The molecule has 1 saturated heterocycles. The van der Waals surface area contributed by atoms with Crippen LogP contribution >= 0.6 is 0 Å². The first-order valence-electron chi connectivity index (χ1n) is 5.85. The van der Waals surface area contributed by atoms with E-state index in [2.05, 4.69) is 33.0 Å². The van der Waals surface area contributed by atoms with Crippen molar-refractivity contribution in [3.05, 3.63) is 0 Å². The Morgan fingerprint density at radius 1 is 1.47 bits per heavy atom. The van der Waals surface area contributed by atoms with Gasteiger partial charge < -0.3 is 10.2 Å². The number of hydrogen-bond donors (Lipinski definition) is 1. The van der Waals surface area contributed by atoms with E-state index >= 15 is 0 Å². The van der Waals surface area contributed by atoms with Crippen LogP contribution < -0.4 is 5.32 Å². The number of rotatable bonds is 2. The third-order valence-electron chi connectivity index (χ3n) is 3.24. The van der Waals surface area contributed by atoms with Crippen LogP contribution in [0.5, 0.6) is 0 Å². The standard InChI is InChI=1S/C12H24N2O/c1-9-7-6-8-14(9)11(15)10(13-5)12(2,3)4/h9-10,13H,6-8H2,1-5H3/t9-,10-/m1/s1. The van der Waals surface area contributed by atoms with Gasteiger partial charge in [0.1, 0.15) is 0 Å². The summed E-state index contributed by atoms with van der Waals surface area (Å²) in [5.41, 5.74) is -0.0197. The van der Waals surface area contributed by atoms with E-state index in [9.17, 15) is 4.79 Å². The van der Waals surface area contributed by atoms with E-state index in [1.165, 1.54) is 0 Å². The molecule has 1 N–H and O–H groups in total. The lowest BCUT2D eigenvalue weighted by Gasteiger charge is -2.34. The van der Waals surface area contributed by atoms with Gasteiger partial charge in [0.05, 0.1) is 6.04 Å². The van der Waals surface area contributed by atoms with Crippen LogP contribution in [-0.4, -0.2) is 36.5 Å². The third-order valence-corrected chi connectivity index (χ3v) is 3.24. The molecule has 0 bridgehead atoms. The van der Waals surface area contributed by atoms with Gasteiger partial charge in [0.15, 0.2) is 0 Å². The molecule has 2 atom stereocenters. The summed E-state index contributed by atoms with van der Waals surface area (Å²) in [5, 5.41) is 3.15. The second-order valence-corrected chi connectivity index (χ2v) is 5.61. The molecule has 0 unspecified atom stereocenters. The van der Waals surface area contributed by atoms with Gasteiger partial charge in [0.25, 0.3) is 0 Å². The van der Waals surface area contributed by atoms with Gasteiger partial charge in [-0.3, -0.25) is 4.79 Å². The number of nitrogens with zero attached hydrogens (tertiary/aromatic N) is 1. The van der Waals surface area contributed by atoms with Crippen molar-refractivity contribution in [1.29, 1.82) is 0 Å². The number of nitrogens with one attached hydrogen (secondary N) is 1. The maximum atomic E-state index is 12.3. The van der Waals surface area contributed by atoms with Gasteiger partial charge in [-0.2, -0.15) is 0 Å². The van der Waals surface area contributed by atoms with E-state index < -0.39 is 0 Å². The zero-order valence-corrected chi connectivity index (χ0v) is 10.6. The SMILES string of the molecule is CN[C@H](C(=O)N1CCC[C@H]1C)C(C)(C)C. The number of amides is 1. The molecule has 1 aliphatic rings. The van der Waals surface area contributed by atoms with Crippen LogP contribution in [0.4, 0.5) is 0 Å². The summed E-state index contributed by atoms with van der Waals surface area (Å²) in [6.07, 6.45) is 2.29. The Morgan fingerprint density at radius 3 is 2.40 bits per heavy atom. The van der Waals surface area contributed by atoms with Crippen LogP contribution in [0.15, 0.2) is 0 Å². The fourth-order valence-electron chi connectivity index (χ4n) is 2.35. The average Bonchev–Trinajstić information content (AvgIpc) is 2.49. The van der Waals surface area contributed by atoms with E-state index in [1.54, 1.807) is 0 Å². The molecule has 0 aromatic carbocycles. The molecule has 3 nitrogen and oxygen atoms in total. The minimum absolute atomic E-state index is 0.0197. The van der Waals surface area contributed by atoms with Crippen molar-refractivity contribution >= 4 is 5.91 Å². The zero-order valence-electron chi connectivity index (χ0n) is 10.6. The Kier molecular flexibility index (Phi) is 3.77. The molecule has 0 aromatic heterocycles. The van der Waals surface area contributed by atoms with Crippen LogP contribution in [0, 0.1) is 5.41 Å². The highest BCUT2D eigenvalue weighted by Gasteiger charge is 2.36. The van der Waals surface area contributed by atoms with Gasteiger partial charge >= 0.3 is 0 Å². The lowest BCUT2D eigenvalue weighted by molar-refractivity contribution is -0.136. The van der Waals surface area contributed by atoms with Gasteiger partial charge in [-0.25, -0.2) is 0 Å². The Labute approximate surface area is 93.2 Å².